The van der Waals surface area contributed by atoms with E-state index in [0.29, 0.717) is 5.41 Å². The van der Waals surface area contributed by atoms with Gasteiger partial charge in [0.1, 0.15) is 0 Å². The molecule has 0 aromatic heterocycles. The summed E-state index contributed by atoms with van der Waals surface area (Å²) in [6.45, 7) is 5.12. The van der Waals surface area contributed by atoms with Gasteiger partial charge in [0.15, 0.2) is 0 Å². The van der Waals surface area contributed by atoms with Crippen LogP contribution in [0.1, 0.15) is 84.5 Å². The second-order valence-corrected chi connectivity index (χ2v) is 8.60. The van der Waals surface area contributed by atoms with Gasteiger partial charge >= 0.3 is 0 Å². The van der Waals surface area contributed by atoms with E-state index in [4.69, 9.17) is 0 Å². The fraction of sp³-hybridized carbons (Fsp3) is 0.900. The second-order valence-electron chi connectivity index (χ2n) is 8.60. The molecule has 3 fully saturated rings. The summed E-state index contributed by atoms with van der Waals surface area (Å²) >= 11 is 0. The molecule has 0 aromatic carbocycles. The van der Waals surface area contributed by atoms with Crippen molar-refractivity contribution in [1.82, 2.24) is 0 Å². The molecule has 20 heavy (non-hydrogen) atoms. The van der Waals surface area contributed by atoms with Gasteiger partial charge in [0.2, 0.25) is 0 Å². The van der Waals surface area contributed by atoms with E-state index in [1.807, 2.05) is 5.57 Å². The third-order valence-corrected chi connectivity index (χ3v) is 8.26. The minimum atomic E-state index is 0.601. The maximum atomic E-state index is 2.64. The maximum Gasteiger partial charge on any atom is -0.00853 e. The summed E-state index contributed by atoms with van der Waals surface area (Å²) in [4.78, 5) is 0. The standard InChI is InChI=1S/C20H32/c1-3-20-13-6-8-18(20)16-10-9-15-7-4-5-12-19(15,2)17(16)11-14-20/h7,16-18H,3-6,8-14H2,1-2H3/t16-,17+,18+,19+,20+/m1/s1. The number of hydrogen-bond donors (Lipinski definition) is 0. The summed E-state index contributed by atoms with van der Waals surface area (Å²) in [6, 6.07) is 0. The highest BCUT2D eigenvalue weighted by atomic mass is 14.6. The topological polar surface area (TPSA) is 0 Å². The van der Waals surface area contributed by atoms with Crippen molar-refractivity contribution in [3.63, 3.8) is 0 Å². The van der Waals surface area contributed by atoms with Crippen molar-refractivity contribution >= 4 is 0 Å². The van der Waals surface area contributed by atoms with E-state index in [1.165, 1.54) is 44.9 Å². The molecule has 4 aliphatic rings. The van der Waals surface area contributed by atoms with Gasteiger partial charge in [-0.1, -0.05) is 38.3 Å². The van der Waals surface area contributed by atoms with E-state index in [1.54, 1.807) is 25.7 Å². The highest BCUT2D eigenvalue weighted by molar-refractivity contribution is 5.23. The molecule has 0 aromatic rings. The Bertz CT molecular complexity index is 420. The lowest BCUT2D eigenvalue weighted by Crippen LogP contribution is -2.49. The van der Waals surface area contributed by atoms with Gasteiger partial charge in [0.05, 0.1) is 0 Å². The van der Waals surface area contributed by atoms with Crippen molar-refractivity contribution in [3.8, 4) is 0 Å². The van der Waals surface area contributed by atoms with Crippen molar-refractivity contribution in [1.29, 1.82) is 0 Å². The summed E-state index contributed by atoms with van der Waals surface area (Å²) in [5.74, 6) is 3.20. The molecule has 112 valence electrons. The van der Waals surface area contributed by atoms with Crippen molar-refractivity contribution in [3.05, 3.63) is 11.6 Å². The van der Waals surface area contributed by atoms with E-state index >= 15 is 0 Å². The van der Waals surface area contributed by atoms with Crippen LogP contribution in [0, 0.1) is 28.6 Å². The lowest BCUT2D eigenvalue weighted by molar-refractivity contribution is -0.0455. The minimum Gasteiger partial charge on any atom is -0.0848 e. The smallest absolute Gasteiger partial charge is 0.00853 e. The normalized spacial score (nSPS) is 50.9. The Labute approximate surface area is 125 Å². The third-order valence-electron chi connectivity index (χ3n) is 8.26. The van der Waals surface area contributed by atoms with Crippen molar-refractivity contribution in [2.75, 3.05) is 0 Å². The van der Waals surface area contributed by atoms with E-state index in [2.05, 4.69) is 19.9 Å². The first-order valence-electron chi connectivity index (χ1n) is 9.39. The Hall–Kier alpha value is -0.260. The van der Waals surface area contributed by atoms with Crippen LogP contribution in [-0.4, -0.2) is 0 Å². The Balaban J connectivity index is 1.68. The molecule has 0 heteroatoms. The predicted octanol–water partition coefficient (Wildman–Crippen LogP) is 6.12. The lowest BCUT2D eigenvalue weighted by Gasteiger charge is -2.58. The van der Waals surface area contributed by atoms with Gasteiger partial charge in [0.25, 0.3) is 0 Å². The molecule has 0 saturated heterocycles. The summed E-state index contributed by atoms with van der Waals surface area (Å²) in [7, 11) is 0. The lowest BCUT2D eigenvalue weighted by atomic mass is 9.47. The molecule has 4 rings (SSSR count). The highest BCUT2D eigenvalue weighted by Gasteiger charge is 2.56. The van der Waals surface area contributed by atoms with Gasteiger partial charge in [0, 0.05) is 0 Å². The molecule has 5 atom stereocenters. The van der Waals surface area contributed by atoms with Crippen LogP contribution in [-0.2, 0) is 0 Å². The van der Waals surface area contributed by atoms with Crippen LogP contribution in [0.5, 0.6) is 0 Å². The fourth-order valence-electron chi connectivity index (χ4n) is 7.16. The monoisotopic (exact) mass is 272 g/mol. The molecule has 0 radical (unpaired) electrons. The zero-order chi connectivity index (χ0) is 13.8. The predicted molar refractivity (Wildman–Crippen MR) is 85.6 cm³/mol. The van der Waals surface area contributed by atoms with Crippen LogP contribution in [0.3, 0.4) is 0 Å². The van der Waals surface area contributed by atoms with E-state index in [9.17, 15) is 0 Å². The SMILES string of the molecule is CC[C@@]12CCC[C@H]1[C@@H]1CCC3=CCCC[C@]3(C)[C@H]1CC2. The summed E-state index contributed by atoms with van der Waals surface area (Å²) in [6.07, 6.45) is 19.1. The zero-order valence-corrected chi connectivity index (χ0v) is 13.6. The molecule has 0 bridgehead atoms. The highest BCUT2D eigenvalue weighted by Crippen LogP contribution is 2.66. The first kappa shape index (κ1) is 13.4. The number of rotatable bonds is 1. The Morgan fingerprint density at radius 3 is 2.80 bits per heavy atom. The van der Waals surface area contributed by atoms with Crippen LogP contribution >= 0.6 is 0 Å². The van der Waals surface area contributed by atoms with Gasteiger partial charge in [-0.05, 0) is 86.4 Å². The summed E-state index contributed by atoms with van der Waals surface area (Å²) in [5, 5.41) is 0. The minimum absolute atomic E-state index is 0.601. The molecule has 3 saturated carbocycles. The number of fused-ring (bicyclic) bond motifs is 5. The van der Waals surface area contributed by atoms with Gasteiger partial charge in [-0.15, -0.1) is 0 Å². The molecular weight excluding hydrogens is 240 g/mol. The first-order valence-corrected chi connectivity index (χ1v) is 9.39. The Morgan fingerprint density at radius 1 is 1.05 bits per heavy atom. The molecule has 0 nitrogen and oxygen atoms in total. The van der Waals surface area contributed by atoms with Crippen LogP contribution in [0.2, 0.25) is 0 Å². The van der Waals surface area contributed by atoms with E-state index in [0.717, 1.165) is 23.2 Å². The van der Waals surface area contributed by atoms with E-state index < -0.39 is 0 Å². The summed E-state index contributed by atoms with van der Waals surface area (Å²) < 4.78 is 0. The average molecular weight is 272 g/mol. The van der Waals surface area contributed by atoms with Crippen molar-refractivity contribution in [2.24, 2.45) is 28.6 Å². The fourth-order valence-corrected chi connectivity index (χ4v) is 7.16. The average Bonchev–Trinajstić information content (AvgIpc) is 2.91. The Morgan fingerprint density at radius 2 is 1.95 bits per heavy atom. The van der Waals surface area contributed by atoms with Gasteiger partial charge in [-0.2, -0.15) is 0 Å². The van der Waals surface area contributed by atoms with Gasteiger partial charge in [-0.25, -0.2) is 0 Å². The first-order chi connectivity index (χ1) is 9.70. The Kier molecular flexibility index (Phi) is 3.09. The van der Waals surface area contributed by atoms with Crippen LogP contribution in [0.4, 0.5) is 0 Å². The van der Waals surface area contributed by atoms with Gasteiger partial charge < -0.3 is 0 Å². The largest absolute Gasteiger partial charge is 0.0848 e. The molecule has 0 unspecified atom stereocenters. The summed E-state index contributed by atoms with van der Waals surface area (Å²) in [5.41, 5.74) is 3.24. The quantitative estimate of drug-likeness (QED) is 0.504. The molecule has 0 aliphatic heterocycles. The van der Waals surface area contributed by atoms with Crippen LogP contribution < -0.4 is 0 Å². The molecule has 0 amide bonds. The molecule has 0 heterocycles. The van der Waals surface area contributed by atoms with Gasteiger partial charge in [-0.3, -0.25) is 0 Å². The maximum absolute atomic E-state index is 2.64. The number of allylic oxidation sites excluding steroid dienone is 2. The van der Waals surface area contributed by atoms with Crippen molar-refractivity contribution in [2.45, 2.75) is 84.5 Å². The second kappa shape index (κ2) is 4.62. The molecule has 4 aliphatic carbocycles. The molecule has 0 spiro atoms. The number of hydrogen-bond acceptors (Lipinski definition) is 0. The van der Waals surface area contributed by atoms with E-state index in [-0.39, 0.29) is 0 Å². The van der Waals surface area contributed by atoms with Crippen LogP contribution in [0.25, 0.3) is 0 Å². The molecular formula is C20H32. The van der Waals surface area contributed by atoms with Crippen LogP contribution in [0.15, 0.2) is 11.6 Å². The van der Waals surface area contributed by atoms with Crippen molar-refractivity contribution < 1.29 is 0 Å². The third kappa shape index (κ3) is 1.66. The zero-order valence-electron chi connectivity index (χ0n) is 13.6. The molecule has 0 N–H and O–H groups in total.